The van der Waals surface area contributed by atoms with Gasteiger partial charge in [0.1, 0.15) is 5.67 Å². The van der Waals surface area contributed by atoms with Gasteiger partial charge in [0.15, 0.2) is 0 Å². The topological polar surface area (TPSA) is 12.0 Å². The first kappa shape index (κ1) is 13.4. The van der Waals surface area contributed by atoms with Crippen molar-refractivity contribution in [1.82, 2.24) is 5.32 Å². The normalized spacial score (nSPS) is 13.9. The van der Waals surface area contributed by atoms with Gasteiger partial charge in [-0.3, -0.25) is 0 Å². The van der Waals surface area contributed by atoms with Crippen molar-refractivity contribution >= 4 is 0 Å². The van der Waals surface area contributed by atoms with Gasteiger partial charge in [-0.1, -0.05) is 18.2 Å². The zero-order chi connectivity index (χ0) is 11.0. The lowest BCUT2D eigenvalue weighted by molar-refractivity contribution is 0.273. The molecule has 0 bridgehead atoms. The van der Waals surface area contributed by atoms with Crippen LogP contribution in [0.4, 0.5) is 4.39 Å². The summed E-state index contributed by atoms with van der Waals surface area (Å²) >= 11 is 0. The minimum Gasteiger partial charge on any atom is -0.320 e. The van der Waals surface area contributed by atoms with E-state index in [-0.39, 0.29) is 0 Å². The maximum Gasteiger partial charge on any atom is 0.130 e. The highest BCUT2D eigenvalue weighted by Gasteiger charge is 2.18. The molecule has 0 aliphatic rings. The Labute approximate surface area is 87.1 Å². The van der Waals surface area contributed by atoms with Gasteiger partial charge in [0.2, 0.25) is 0 Å². The number of rotatable bonds is 6. The average molecular weight is 199 g/mol. The Morgan fingerprint density at radius 2 is 2.07 bits per heavy atom. The minimum atomic E-state index is -1.23. The van der Waals surface area contributed by atoms with E-state index in [9.17, 15) is 4.39 Å². The molecule has 0 heterocycles. The van der Waals surface area contributed by atoms with Crippen molar-refractivity contribution in [2.75, 3.05) is 13.6 Å². The summed E-state index contributed by atoms with van der Waals surface area (Å²) in [7, 11) is 1.94. The van der Waals surface area contributed by atoms with Gasteiger partial charge in [0.25, 0.3) is 0 Å². The van der Waals surface area contributed by atoms with Crippen LogP contribution in [0.5, 0.6) is 0 Å². The molecule has 1 nitrogen and oxygen atoms in total. The molecule has 0 aliphatic carbocycles. The molecule has 1 N–H and O–H groups in total. The molecule has 0 unspecified atom stereocenters. The molecule has 0 aromatic heterocycles. The fourth-order valence-corrected chi connectivity index (χ4v) is 1.24. The molecular formula is C12H22FN. The van der Waals surface area contributed by atoms with Crippen molar-refractivity contribution in [3.63, 3.8) is 0 Å². The molecule has 14 heavy (non-hydrogen) atoms. The number of alkyl halides is 1. The summed E-state index contributed by atoms with van der Waals surface area (Å²) < 4.78 is 13.5. The Hall–Kier alpha value is -0.630. The highest BCUT2D eigenvalue weighted by Crippen LogP contribution is 2.21. The van der Waals surface area contributed by atoms with Gasteiger partial charge in [-0.25, -0.2) is 4.39 Å². The Balaban J connectivity index is 3.96. The molecule has 0 fully saturated rings. The van der Waals surface area contributed by atoms with E-state index in [2.05, 4.69) is 5.32 Å². The zero-order valence-corrected chi connectivity index (χ0v) is 9.73. The van der Waals surface area contributed by atoms with E-state index in [1.165, 1.54) is 0 Å². The lowest BCUT2D eigenvalue weighted by Gasteiger charge is -2.15. The van der Waals surface area contributed by atoms with E-state index in [1.807, 2.05) is 32.2 Å². The van der Waals surface area contributed by atoms with Crippen LogP contribution in [0.25, 0.3) is 0 Å². The molecule has 0 aromatic carbocycles. The summed E-state index contributed by atoms with van der Waals surface area (Å²) in [6.07, 6.45) is 7.84. The Bertz CT molecular complexity index is 199. The summed E-state index contributed by atoms with van der Waals surface area (Å²) in [6, 6.07) is 0. The molecule has 82 valence electrons. The van der Waals surface area contributed by atoms with E-state index >= 15 is 0 Å². The Morgan fingerprint density at radius 3 is 2.50 bits per heavy atom. The van der Waals surface area contributed by atoms with E-state index in [1.54, 1.807) is 13.8 Å². The van der Waals surface area contributed by atoms with Crippen LogP contribution in [0.3, 0.4) is 0 Å². The highest BCUT2D eigenvalue weighted by atomic mass is 19.1. The van der Waals surface area contributed by atoms with Crippen LogP contribution in [-0.2, 0) is 0 Å². The quantitative estimate of drug-likeness (QED) is 0.511. The Kier molecular flexibility index (Phi) is 6.46. The second-order valence-electron chi connectivity index (χ2n) is 3.86. The van der Waals surface area contributed by atoms with Gasteiger partial charge in [-0.15, -0.1) is 0 Å². The molecule has 0 aromatic rings. The van der Waals surface area contributed by atoms with Gasteiger partial charge in [-0.05, 0) is 52.8 Å². The van der Waals surface area contributed by atoms with Crippen LogP contribution in [0.2, 0.25) is 0 Å². The molecule has 0 atom stereocenters. The van der Waals surface area contributed by atoms with E-state index in [4.69, 9.17) is 0 Å². The lowest BCUT2D eigenvalue weighted by Crippen LogP contribution is -2.13. The molecule has 0 spiro atoms. The summed E-state index contributed by atoms with van der Waals surface area (Å²) in [5.41, 5.74) is -0.476. The standard InChI is InChI=1S/C12H22FN/c1-5-11(12(2,3)13)9-7-6-8-10-14-4/h5,7,9,14H,6,8,10H2,1-4H3/b9-7-,11-5+. The summed E-state index contributed by atoms with van der Waals surface area (Å²) in [5.74, 6) is 0. The second kappa shape index (κ2) is 6.77. The lowest BCUT2D eigenvalue weighted by atomic mass is 9.99. The molecule has 0 rings (SSSR count). The minimum absolute atomic E-state index is 0.752. The highest BCUT2D eigenvalue weighted by molar-refractivity contribution is 5.26. The Morgan fingerprint density at radius 1 is 1.43 bits per heavy atom. The molecular weight excluding hydrogens is 177 g/mol. The van der Waals surface area contributed by atoms with Crippen molar-refractivity contribution in [2.24, 2.45) is 0 Å². The van der Waals surface area contributed by atoms with Gasteiger partial charge >= 0.3 is 0 Å². The van der Waals surface area contributed by atoms with Crippen LogP contribution in [-0.4, -0.2) is 19.3 Å². The molecule has 2 heteroatoms. The molecule has 0 radical (unpaired) electrons. The first-order chi connectivity index (χ1) is 6.52. The average Bonchev–Trinajstić information content (AvgIpc) is 2.09. The van der Waals surface area contributed by atoms with E-state index in [0.29, 0.717) is 0 Å². The number of halogens is 1. The zero-order valence-electron chi connectivity index (χ0n) is 9.73. The third-order valence-electron chi connectivity index (χ3n) is 2.09. The van der Waals surface area contributed by atoms with Crippen LogP contribution in [0.1, 0.15) is 33.6 Å². The first-order valence-electron chi connectivity index (χ1n) is 5.19. The van der Waals surface area contributed by atoms with Crippen molar-refractivity contribution < 1.29 is 4.39 Å². The van der Waals surface area contributed by atoms with Crippen molar-refractivity contribution in [3.05, 3.63) is 23.8 Å². The molecule has 0 aliphatic heterocycles. The van der Waals surface area contributed by atoms with Crippen molar-refractivity contribution in [3.8, 4) is 0 Å². The fraction of sp³-hybridized carbons (Fsp3) is 0.667. The predicted molar refractivity (Wildman–Crippen MR) is 61.2 cm³/mol. The molecule has 0 saturated carbocycles. The number of hydrogen-bond acceptors (Lipinski definition) is 1. The maximum atomic E-state index is 13.5. The fourth-order valence-electron chi connectivity index (χ4n) is 1.24. The number of nitrogens with one attached hydrogen (secondary N) is 1. The van der Waals surface area contributed by atoms with E-state index < -0.39 is 5.67 Å². The predicted octanol–water partition coefficient (Wildman–Crippen LogP) is 3.24. The molecule has 0 saturated heterocycles. The largest absolute Gasteiger partial charge is 0.320 e. The number of unbranched alkanes of at least 4 members (excludes halogenated alkanes) is 1. The van der Waals surface area contributed by atoms with Crippen molar-refractivity contribution in [1.29, 1.82) is 0 Å². The smallest absolute Gasteiger partial charge is 0.130 e. The second-order valence-corrected chi connectivity index (χ2v) is 3.86. The summed E-state index contributed by atoms with van der Waals surface area (Å²) in [6.45, 7) is 6.05. The SMILES string of the molecule is C/C=C(\C=C/CCCNC)C(C)(C)F. The van der Waals surface area contributed by atoms with Crippen LogP contribution in [0.15, 0.2) is 23.8 Å². The van der Waals surface area contributed by atoms with Crippen LogP contribution >= 0.6 is 0 Å². The van der Waals surface area contributed by atoms with Gasteiger partial charge in [0.05, 0.1) is 0 Å². The van der Waals surface area contributed by atoms with Crippen LogP contribution < -0.4 is 5.32 Å². The monoisotopic (exact) mass is 199 g/mol. The van der Waals surface area contributed by atoms with Gasteiger partial charge < -0.3 is 5.32 Å². The van der Waals surface area contributed by atoms with Crippen molar-refractivity contribution in [2.45, 2.75) is 39.3 Å². The van der Waals surface area contributed by atoms with Crippen LogP contribution in [0, 0.1) is 0 Å². The summed E-state index contributed by atoms with van der Waals surface area (Å²) in [4.78, 5) is 0. The number of hydrogen-bond donors (Lipinski definition) is 1. The van der Waals surface area contributed by atoms with E-state index in [0.717, 1.165) is 25.0 Å². The third kappa shape index (κ3) is 5.92. The summed E-state index contributed by atoms with van der Waals surface area (Å²) in [5, 5.41) is 3.08. The van der Waals surface area contributed by atoms with Gasteiger partial charge in [0, 0.05) is 0 Å². The molecule has 0 amide bonds. The number of allylic oxidation sites excluding steroid dienone is 4. The third-order valence-corrected chi connectivity index (χ3v) is 2.09. The maximum absolute atomic E-state index is 13.5. The van der Waals surface area contributed by atoms with Gasteiger partial charge in [-0.2, -0.15) is 0 Å². The first-order valence-corrected chi connectivity index (χ1v) is 5.19.